The second-order valence-corrected chi connectivity index (χ2v) is 5.38. The highest BCUT2D eigenvalue weighted by Crippen LogP contribution is 2.26. The van der Waals surface area contributed by atoms with E-state index in [9.17, 15) is 5.11 Å². The van der Waals surface area contributed by atoms with Crippen molar-refractivity contribution in [2.45, 2.75) is 38.7 Å². The summed E-state index contributed by atoms with van der Waals surface area (Å²) in [5.74, 6) is 1.85. The zero-order chi connectivity index (χ0) is 13.7. The van der Waals surface area contributed by atoms with Gasteiger partial charge in [0.2, 0.25) is 5.95 Å². The van der Waals surface area contributed by atoms with Gasteiger partial charge in [-0.25, -0.2) is 4.98 Å². The molecule has 0 atom stereocenters. The zero-order valence-electron chi connectivity index (χ0n) is 11.2. The lowest BCUT2D eigenvalue weighted by atomic mass is 9.87. The Morgan fingerprint density at radius 2 is 2.05 bits per heavy atom. The molecule has 0 aromatic carbocycles. The smallest absolute Gasteiger partial charge is 0.224 e. The number of aliphatic hydroxyl groups excluding tert-OH is 1. The highest BCUT2D eigenvalue weighted by molar-refractivity contribution is 6.32. The number of nitrogens with zero attached hydrogens (tertiary/aromatic N) is 2. The van der Waals surface area contributed by atoms with Gasteiger partial charge in [0.25, 0.3) is 0 Å². The Bertz CT molecular complexity index is 408. The molecule has 0 spiro atoms. The van der Waals surface area contributed by atoms with Crippen LogP contribution in [0.2, 0.25) is 5.02 Å². The lowest BCUT2D eigenvalue weighted by molar-refractivity contribution is 0.111. The largest absolute Gasteiger partial charge is 0.393 e. The van der Waals surface area contributed by atoms with Gasteiger partial charge in [0.05, 0.1) is 12.3 Å². The number of anilines is 2. The van der Waals surface area contributed by atoms with E-state index in [0.717, 1.165) is 38.8 Å². The van der Waals surface area contributed by atoms with E-state index in [1.165, 1.54) is 0 Å². The molecule has 1 heterocycles. The predicted octanol–water partition coefficient (Wildman–Crippen LogP) is 2.52. The Labute approximate surface area is 118 Å². The van der Waals surface area contributed by atoms with Crippen molar-refractivity contribution in [1.29, 1.82) is 0 Å². The van der Waals surface area contributed by atoms with Gasteiger partial charge in [-0.05, 0) is 38.5 Å². The van der Waals surface area contributed by atoms with Crippen molar-refractivity contribution in [3.63, 3.8) is 0 Å². The third kappa shape index (κ3) is 4.21. The minimum Gasteiger partial charge on any atom is -0.393 e. The average Bonchev–Trinajstić information content (AvgIpc) is 2.41. The summed E-state index contributed by atoms with van der Waals surface area (Å²) in [5.41, 5.74) is 0. The summed E-state index contributed by atoms with van der Waals surface area (Å²) in [4.78, 5) is 8.45. The maximum atomic E-state index is 9.48. The molecule has 1 aliphatic carbocycles. The fourth-order valence-corrected chi connectivity index (χ4v) is 2.48. The van der Waals surface area contributed by atoms with Crippen LogP contribution in [-0.2, 0) is 0 Å². The Morgan fingerprint density at radius 3 is 2.74 bits per heavy atom. The average molecular weight is 285 g/mol. The van der Waals surface area contributed by atoms with Crippen LogP contribution in [0.4, 0.5) is 11.8 Å². The van der Waals surface area contributed by atoms with Crippen molar-refractivity contribution >= 4 is 23.4 Å². The minimum atomic E-state index is -0.112. The summed E-state index contributed by atoms with van der Waals surface area (Å²) in [5, 5.41) is 16.4. The first-order valence-electron chi connectivity index (χ1n) is 6.87. The van der Waals surface area contributed by atoms with E-state index in [2.05, 4.69) is 20.6 Å². The Morgan fingerprint density at radius 1 is 1.32 bits per heavy atom. The summed E-state index contributed by atoms with van der Waals surface area (Å²) >= 11 is 6.08. The van der Waals surface area contributed by atoms with E-state index >= 15 is 0 Å². The van der Waals surface area contributed by atoms with E-state index in [4.69, 9.17) is 11.6 Å². The number of halogens is 1. The van der Waals surface area contributed by atoms with Gasteiger partial charge in [0, 0.05) is 13.1 Å². The number of aromatic nitrogens is 2. The Hall–Kier alpha value is -1.07. The number of aliphatic hydroxyl groups is 1. The number of hydrogen-bond acceptors (Lipinski definition) is 5. The first-order chi connectivity index (χ1) is 9.19. The SMILES string of the molecule is CCNc1ncc(Cl)c(NCC2CCC(O)CC2)n1. The van der Waals surface area contributed by atoms with Crippen LogP contribution in [-0.4, -0.2) is 34.3 Å². The van der Waals surface area contributed by atoms with Crippen molar-refractivity contribution < 1.29 is 5.11 Å². The van der Waals surface area contributed by atoms with Crippen LogP contribution in [0.1, 0.15) is 32.6 Å². The van der Waals surface area contributed by atoms with Crippen LogP contribution in [0.25, 0.3) is 0 Å². The first-order valence-corrected chi connectivity index (χ1v) is 7.25. The summed E-state index contributed by atoms with van der Waals surface area (Å²) in [6, 6.07) is 0. The van der Waals surface area contributed by atoms with Crippen molar-refractivity contribution in [2.75, 3.05) is 23.7 Å². The van der Waals surface area contributed by atoms with Crippen molar-refractivity contribution in [3.8, 4) is 0 Å². The summed E-state index contributed by atoms with van der Waals surface area (Å²) in [7, 11) is 0. The molecule has 1 aromatic heterocycles. The van der Waals surface area contributed by atoms with Crippen molar-refractivity contribution in [2.24, 2.45) is 5.92 Å². The molecule has 0 radical (unpaired) electrons. The highest BCUT2D eigenvalue weighted by atomic mass is 35.5. The quantitative estimate of drug-likeness (QED) is 0.775. The molecule has 0 bridgehead atoms. The van der Waals surface area contributed by atoms with Crippen LogP contribution in [0.15, 0.2) is 6.20 Å². The fraction of sp³-hybridized carbons (Fsp3) is 0.692. The summed E-state index contributed by atoms with van der Waals surface area (Å²) in [6.07, 6.45) is 5.39. The van der Waals surface area contributed by atoms with Crippen LogP contribution >= 0.6 is 11.6 Å². The van der Waals surface area contributed by atoms with Gasteiger partial charge in [0.1, 0.15) is 10.8 Å². The zero-order valence-corrected chi connectivity index (χ0v) is 12.0. The van der Waals surface area contributed by atoms with Gasteiger partial charge in [-0.3, -0.25) is 0 Å². The lowest BCUT2D eigenvalue weighted by Crippen LogP contribution is -2.24. The standard InChI is InChI=1S/C13H21ClN4O/c1-2-15-13-17-8-11(14)12(18-13)16-7-9-3-5-10(19)6-4-9/h8-10,19H,2-7H2,1H3,(H2,15,16,17,18). The molecule has 6 heteroatoms. The Kier molecular flexibility index (Phi) is 5.22. The van der Waals surface area contributed by atoms with E-state index < -0.39 is 0 Å². The summed E-state index contributed by atoms with van der Waals surface area (Å²) in [6.45, 7) is 3.62. The van der Waals surface area contributed by atoms with E-state index in [0.29, 0.717) is 22.7 Å². The van der Waals surface area contributed by atoms with Crippen LogP contribution < -0.4 is 10.6 Å². The van der Waals surface area contributed by atoms with Crippen LogP contribution in [0.3, 0.4) is 0 Å². The van der Waals surface area contributed by atoms with Gasteiger partial charge in [-0.2, -0.15) is 4.98 Å². The fourth-order valence-electron chi connectivity index (χ4n) is 2.32. The second kappa shape index (κ2) is 6.91. The summed E-state index contributed by atoms with van der Waals surface area (Å²) < 4.78 is 0. The number of rotatable bonds is 5. The maximum absolute atomic E-state index is 9.48. The molecule has 1 aromatic rings. The molecule has 106 valence electrons. The van der Waals surface area contributed by atoms with Crippen LogP contribution in [0.5, 0.6) is 0 Å². The molecule has 2 rings (SSSR count). The first kappa shape index (κ1) is 14.3. The molecule has 1 fully saturated rings. The predicted molar refractivity (Wildman–Crippen MR) is 77.7 cm³/mol. The third-order valence-electron chi connectivity index (χ3n) is 3.45. The second-order valence-electron chi connectivity index (χ2n) is 4.98. The van der Waals surface area contributed by atoms with Crippen molar-refractivity contribution in [1.82, 2.24) is 9.97 Å². The molecule has 1 saturated carbocycles. The molecule has 0 saturated heterocycles. The van der Waals surface area contributed by atoms with Gasteiger partial charge >= 0.3 is 0 Å². The van der Waals surface area contributed by atoms with Gasteiger partial charge < -0.3 is 15.7 Å². The normalized spacial score (nSPS) is 23.1. The molecule has 0 amide bonds. The van der Waals surface area contributed by atoms with E-state index in [1.807, 2.05) is 6.92 Å². The molecule has 3 N–H and O–H groups in total. The highest BCUT2D eigenvalue weighted by Gasteiger charge is 2.19. The van der Waals surface area contributed by atoms with E-state index in [1.54, 1.807) is 6.20 Å². The van der Waals surface area contributed by atoms with Gasteiger partial charge in [0.15, 0.2) is 0 Å². The third-order valence-corrected chi connectivity index (χ3v) is 3.73. The van der Waals surface area contributed by atoms with E-state index in [-0.39, 0.29) is 6.10 Å². The molecular formula is C13H21ClN4O. The molecule has 5 nitrogen and oxygen atoms in total. The van der Waals surface area contributed by atoms with Crippen molar-refractivity contribution in [3.05, 3.63) is 11.2 Å². The topological polar surface area (TPSA) is 70.1 Å². The molecular weight excluding hydrogens is 264 g/mol. The van der Waals surface area contributed by atoms with Gasteiger partial charge in [-0.15, -0.1) is 0 Å². The lowest BCUT2D eigenvalue weighted by Gasteiger charge is -2.25. The van der Waals surface area contributed by atoms with Gasteiger partial charge in [-0.1, -0.05) is 11.6 Å². The monoisotopic (exact) mass is 284 g/mol. The minimum absolute atomic E-state index is 0.112. The Balaban J connectivity index is 1.89. The molecule has 19 heavy (non-hydrogen) atoms. The van der Waals surface area contributed by atoms with Crippen LogP contribution in [0, 0.1) is 5.92 Å². The molecule has 0 unspecified atom stereocenters. The number of nitrogens with one attached hydrogen (secondary N) is 2. The molecule has 1 aliphatic rings. The molecule has 0 aliphatic heterocycles. The maximum Gasteiger partial charge on any atom is 0.224 e. The number of hydrogen-bond donors (Lipinski definition) is 3.